The van der Waals surface area contributed by atoms with E-state index in [0.717, 1.165) is 67.2 Å². The van der Waals surface area contributed by atoms with Crippen molar-refractivity contribution in [2.45, 2.75) is 18.9 Å². The summed E-state index contributed by atoms with van der Waals surface area (Å²) in [6.45, 7) is 5.54. The molecule has 1 aliphatic carbocycles. The lowest BCUT2D eigenvalue weighted by atomic mass is 9.96. The van der Waals surface area contributed by atoms with Gasteiger partial charge in [0, 0.05) is 37.6 Å². The summed E-state index contributed by atoms with van der Waals surface area (Å²) in [5.41, 5.74) is 3.92. The molecule has 6 nitrogen and oxygen atoms in total. The Hall–Kier alpha value is -2.58. The van der Waals surface area contributed by atoms with Crippen LogP contribution in [0.15, 0.2) is 60.5 Å². The fourth-order valence-corrected chi connectivity index (χ4v) is 5.44. The van der Waals surface area contributed by atoms with Gasteiger partial charge in [0.25, 0.3) is 0 Å². The molecule has 0 amide bonds. The second-order valence-corrected chi connectivity index (χ2v) is 9.42. The molecule has 3 heterocycles. The number of aliphatic hydroxyl groups excluding tert-OH is 1. The first kappa shape index (κ1) is 21.3. The molecular weight excluding hydrogens is 418 g/mol. The van der Waals surface area contributed by atoms with Crippen molar-refractivity contribution in [3.8, 4) is 0 Å². The average Bonchev–Trinajstić information content (AvgIpc) is 3.29. The predicted molar refractivity (Wildman–Crippen MR) is 132 cm³/mol. The normalized spacial score (nSPS) is 18.3. The molecule has 1 aliphatic heterocycles. The molecule has 0 bridgehead atoms. The van der Waals surface area contributed by atoms with Crippen molar-refractivity contribution in [3.63, 3.8) is 0 Å². The maximum absolute atomic E-state index is 9.94. The molecule has 1 saturated heterocycles. The van der Waals surface area contributed by atoms with Crippen molar-refractivity contribution in [3.05, 3.63) is 70.9 Å². The van der Waals surface area contributed by atoms with Gasteiger partial charge in [0.2, 0.25) is 0 Å². The van der Waals surface area contributed by atoms with Gasteiger partial charge in [-0.2, -0.15) is 0 Å². The second kappa shape index (κ2) is 9.92. The first-order valence-electron chi connectivity index (χ1n) is 11.3. The summed E-state index contributed by atoms with van der Waals surface area (Å²) in [6, 6.07) is 12.0. The molecular formula is C25H29N5OS. The first-order valence-corrected chi connectivity index (χ1v) is 12.1. The van der Waals surface area contributed by atoms with Gasteiger partial charge in [0.1, 0.15) is 17.0 Å². The molecule has 3 aromatic rings. The summed E-state index contributed by atoms with van der Waals surface area (Å²) in [5, 5.41) is 17.8. The van der Waals surface area contributed by atoms with Gasteiger partial charge >= 0.3 is 0 Å². The van der Waals surface area contributed by atoms with Crippen LogP contribution in [0.1, 0.15) is 29.3 Å². The Labute approximate surface area is 192 Å². The molecule has 7 heteroatoms. The summed E-state index contributed by atoms with van der Waals surface area (Å²) < 4.78 is 0. The van der Waals surface area contributed by atoms with Gasteiger partial charge in [-0.15, -0.1) is 11.3 Å². The number of rotatable bonds is 7. The quantitative estimate of drug-likeness (QED) is 0.511. The van der Waals surface area contributed by atoms with Gasteiger partial charge in [-0.3, -0.25) is 4.90 Å². The minimum absolute atomic E-state index is 0.00168. The number of aromatic nitrogens is 2. The Morgan fingerprint density at radius 1 is 1.09 bits per heavy atom. The van der Waals surface area contributed by atoms with Crippen LogP contribution in [0, 0.1) is 0 Å². The number of aliphatic hydroxyl groups is 1. The molecule has 1 atom stereocenters. The summed E-state index contributed by atoms with van der Waals surface area (Å²) in [6.07, 6.45) is 8.37. The number of hydrogen-bond acceptors (Lipinski definition) is 7. The van der Waals surface area contributed by atoms with Gasteiger partial charge in [0.05, 0.1) is 18.0 Å². The van der Waals surface area contributed by atoms with E-state index in [2.05, 4.69) is 43.7 Å². The van der Waals surface area contributed by atoms with Crippen molar-refractivity contribution >= 4 is 32.9 Å². The van der Waals surface area contributed by atoms with Crippen LogP contribution in [-0.4, -0.2) is 59.3 Å². The number of piperazine rings is 1. The molecule has 32 heavy (non-hydrogen) atoms. The lowest BCUT2D eigenvalue weighted by molar-refractivity contribution is 0.257. The SMILES string of the molecule is OCC(Nc1ncnc2sc(C3=CC=C(CN4CCNCC4)CC3)cc12)c1ccccc1. The Balaban J connectivity index is 1.35. The standard InChI is InChI=1S/C25H29N5OS/c31-16-22(19-4-2-1-3-5-19)29-24-21-14-23(32-25(21)28-17-27-24)20-8-6-18(7-9-20)15-30-12-10-26-11-13-30/h1-6,8,14,17,22,26,31H,7,9-13,15-16H2,(H,27,28,29). The number of anilines is 1. The summed E-state index contributed by atoms with van der Waals surface area (Å²) in [5.74, 6) is 0.770. The number of thiophene rings is 1. The molecule has 2 aliphatic rings. The van der Waals surface area contributed by atoms with E-state index in [-0.39, 0.29) is 12.6 Å². The predicted octanol–water partition coefficient (Wildman–Crippen LogP) is 3.85. The van der Waals surface area contributed by atoms with Crippen LogP contribution in [-0.2, 0) is 0 Å². The van der Waals surface area contributed by atoms with E-state index in [1.807, 2.05) is 30.3 Å². The molecule has 1 aromatic carbocycles. The number of benzene rings is 1. The van der Waals surface area contributed by atoms with Crippen LogP contribution in [0.25, 0.3) is 15.8 Å². The van der Waals surface area contributed by atoms with E-state index in [4.69, 9.17) is 0 Å². The van der Waals surface area contributed by atoms with Crippen molar-refractivity contribution in [2.75, 3.05) is 44.6 Å². The number of allylic oxidation sites excluding steroid dienone is 3. The maximum Gasteiger partial charge on any atom is 0.138 e. The van der Waals surface area contributed by atoms with Gasteiger partial charge < -0.3 is 15.7 Å². The third kappa shape index (κ3) is 4.76. The summed E-state index contributed by atoms with van der Waals surface area (Å²) in [4.78, 5) is 13.8. The second-order valence-electron chi connectivity index (χ2n) is 8.38. The zero-order chi connectivity index (χ0) is 21.8. The first-order chi connectivity index (χ1) is 15.8. The highest BCUT2D eigenvalue weighted by atomic mass is 32.1. The zero-order valence-corrected chi connectivity index (χ0v) is 18.9. The number of fused-ring (bicyclic) bond motifs is 1. The van der Waals surface area contributed by atoms with E-state index in [0.29, 0.717) is 0 Å². The largest absolute Gasteiger partial charge is 0.394 e. The van der Waals surface area contributed by atoms with Gasteiger partial charge in [-0.1, -0.05) is 48.1 Å². The maximum atomic E-state index is 9.94. The fraction of sp³-hybridized carbons (Fsp3) is 0.360. The van der Waals surface area contributed by atoms with Crippen molar-refractivity contribution < 1.29 is 5.11 Å². The van der Waals surface area contributed by atoms with E-state index >= 15 is 0 Å². The molecule has 0 spiro atoms. The Bertz CT molecular complexity index is 1120. The molecule has 0 saturated carbocycles. The van der Waals surface area contributed by atoms with Gasteiger partial charge in [0.15, 0.2) is 0 Å². The van der Waals surface area contributed by atoms with Crippen molar-refractivity contribution in [1.82, 2.24) is 20.2 Å². The molecule has 0 radical (unpaired) electrons. The highest BCUT2D eigenvalue weighted by Gasteiger charge is 2.18. The van der Waals surface area contributed by atoms with E-state index in [1.54, 1.807) is 17.7 Å². The number of nitrogens with one attached hydrogen (secondary N) is 2. The van der Waals surface area contributed by atoms with Crippen molar-refractivity contribution in [2.24, 2.45) is 0 Å². The lowest BCUT2D eigenvalue weighted by Gasteiger charge is -2.28. The van der Waals surface area contributed by atoms with Crippen LogP contribution < -0.4 is 10.6 Å². The van der Waals surface area contributed by atoms with Gasteiger partial charge in [-0.25, -0.2) is 9.97 Å². The third-order valence-corrected chi connectivity index (χ3v) is 7.33. The monoisotopic (exact) mass is 447 g/mol. The molecule has 1 unspecified atom stereocenters. The van der Waals surface area contributed by atoms with Crippen LogP contribution in [0.2, 0.25) is 0 Å². The van der Waals surface area contributed by atoms with E-state index in [1.165, 1.54) is 16.0 Å². The zero-order valence-electron chi connectivity index (χ0n) is 18.1. The van der Waals surface area contributed by atoms with E-state index in [9.17, 15) is 5.11 Å². The third-order valence-electron chi connectivity index (χ3n) is 6.21. The smallest absolute Gasteiger partial charge is 0.138 e. The Morgan fingerprint density at radius 2 is 1.94 bits per heavy atom. The van der Waals surface area contributed by atoms with Crippen LogP contribution >= 0.6 is 11.3 Å². The van der Waals surface area contributed by atoms with Crippen LogP contribution in [0.4, 0.5) is 5.82 Å². The van der Waals surface area contributed by atoms with Gasteiger partial charge in [-0.05, 0) is 30.0 Å². The topological polar surface area (TPSA) is 73.3 Å². The summed E-state index contributed by atoms with van der Waals surface area (Å²) in [7, 11) is 0. The number of nitrogens with zero attached hydrogens (tertiary/aromatic N) is 3. The van der Waals surface area contributed by atoms with Crippen LogP contribution in [0.5, 0.6) is 0 Å². The molecule has 2 aromatic heterocycles. The average molecular weight is 448 g/mol. The molecule has 166 valence electrons. The number of hydrogen-bond donors (Lipinski definition) is 3. The minimum Gasteiger partial charge on any atom is -0.394 e. The summed E-state index contributed by atoms with van der Waals surface area (Å²) >= 11 is 1.72. The Morgan fingerprint density at radius 3 is 2.69 bits per heavy atom. The molecule has 1 fully saturated rings. The molecule has 3 N–H and O–H groups in total. The van der Waals surface area contributed by atoms with Crippen molar-refractivity contribution in [1.29, 1.82) is 0 Å². The fourth-order valence-electron chi connectivity index (χ4n) is 4.39. The lowest BCUT2D eigenvalue weighted by Crippen LogP contribution is -2.44. The minimum atomic E-state index is -0.206. The van der Waals surface area contributed by atoms with E-state index < -0.39 is 0 Å². The highest BCUT2D eigenvalue weighted by Crippen LogP contribution is 2.37. The van der Waals surface area contributed by atoms with Crippen LogP contribution in [0.3, 0.4) is 0 Å². The Kier molecular flexibility index (Phi) is 6.59. The highest BCUT2D eigenvalue weighted by molar-refractivity contribution is 7.19. The molecule has 5 rings (SSSR count).